The summed E-state index contributed by atoms with van der Waals surface area (Å²) in [7, 11) is 0. The van der Waals surface area contributed by atoms with Gasteiger partial charge in [0.1, 0.15) is 17.2 Å². The number of amides is 1. The number of rotatable bonds is 7. The lowest BCUT2D eigenvalue weighted by molar-refractivity contribution is 0.0372. The van der Waals surface area contributed by atoms with E-state index < -0.39 is 31.3 Å². The van der Waals surface area contributed by atoms with Crippen LogP contribution in [-0.4, -0.2) is 67.7 Å². The van der Waals surface area contributed by atoms with Gasteiger partial charge in [0.25, 0.3) is 5.91 Å². The topological polar surface area (TPSA) is 123 Å². The molecule has 9 nitrogen and oxygen atoms in total. The van der Waals surface area contributed by atoms with Crippen LogP contribution in [0, 0.1) is 5.82 Å². The van der Waals surface area contributed by atoms with E-state index in [4.69, 9.17) is 0 Å². The van der Waals surface area contributed by atoms with E-state index in [1.807, 2.05) is 6.07 Å². The van der Waals surface area contributed by atoms with Gasteiger partial charge in [-0.2, -0.15) is 0 Å². The maximum Gasteiger partial charge on any atom is 0.272 e. The Morgan fingerprint density at radius 2 is 1.97 bits per heavy atom. The zero-order valence-electron chi connectivity index (χ0n) is 16.8. The standard InChI is InChI=1S/C21H24FN5O4/c22-15-4-1-3-14(9-15)16-5-2-8-26(16)19-7-6-18-23-10-17(27(18)25-19)20(31)24-21(11-28,12-29)13-30/h1,3-4,6-7,9-10,16,28-30H,2,5,8,11-13H2,(H,24,31)/t16-/m1/s1. The van der Waals surface area contributed by atoms with Gasteiger partial charge in [-0.05, 0) is 42.7 Å². The second-order valence-corrected chi connectivity index (χ2v) is 7.72. The number of anilines is 1. The third-order valence-corrected chi connectivity index (χ3v) is 5.65. The molecule has 0 bridgehead atoms. The van der Waals surface area contributed by atoms with Gasteiger partial charge in [0, 0.05) is 6.54 Å². The van der Waals surface area contributed by atoms with Gasteiger partial charge < -0.3 is 25.5 Å². The number of aliphatic hydroxyl groups is 3. The number of imidazole rings is 1. The molecule has 3 aromatic rings. The van der Waals surface area contributed by atoms with Gasteiger partial charge in [-0.3, -0.25) is 4.79 Å². The highest BCUT2D eigenvalue weighted by Gasteiger charge is 2.32. The van der Waals surface area contributed by atoms with Gasteiger partial charge >= 0.3 is 0 Å². The predicted molar refractivity (Wildman–Crippen MR) is 110 cm³/mol. The van der Waals surface area contributed by atoms with Crippen molar-refractivity contribution in [3.8, 4) is 0 Å². The van der Waals surface area contributed by atoms with Crippen LogP contribution in [0.3, 0.4) is 0 Å². The maximum absolute atomic E-state index is 13.7. The summed E-state index contributed by atoms with van der Waals surface area (Å²) in [5, 5.41) is 35.5. The van der Waals surface area contributed by atoms with Crippen molar-refractivity contribution >= 4 is 17.4 Å². The lowest BCUT2D eigenvalue weighted by atomic mass is 10.0. The first-order chi connectivity index (χ1) is 15.0. The average molecular weight is 429 g/mol. The lowest BCUT2D eigenvalue weighted by Crippen LogP contribution is -2.57. The Morgan fingerprint density at radius 3 is 2.68 bits per heavy atom. The molecule has 0 saturated carbocycles. The molecule has 1 fully saturated rings. The van der Waals surface area contributed by atoms with E-state index in [0.717, 1.165) is 24.9 Å². The maximum atomic E-state index is 13.7. The molecule has 0 spiro atoms. The van der Waals surface area contributed by atoms with Crippen LogP contribution in [0.5, 0.6) is 0 Å². The van der Waals surface area contributed by atoms with Crippen molar-refractivity contribution in [2.24, 2.45) is 0 Å². The molecule has 1 atom stereocenters. The van der Waals surface area contributed by atoms with Crippen LogP contribution in [0.2, 0.25) is 0 Å². The molecule has 4 N–H and O–H groups in total. The van der Waals surface area contributed by atoms with Crippen molar-refractivity contribution in [1.82, 2.24) is 19.9 Å². The zero-order valence-corrected chi connectivity index (χ0v) is 16.8. The molecule has 164 valence electrons. The number of nitrogens with one attached hydrogen (secondary N) is 1. The Kier molecular flexibility index (Phi) is 5.86. The van der Waals surface area contributed by atoms with E-state index >= 15 is 0 Å². The third-order valence-electron chi connectivity index (χ3n) is 5.65. The summed E-state index contributed by atoms with van der Waals surface area (Å²) in [6, 6.07) is 10.0. The first kappa shape index (κ1) is 21.2. The van der Waals surface area contributed by atoms with Gasteiger partial charge in [0.15, 0.2) is 11.3 Å². The van der Waals surface area contributed by atoms with E-state index in [-0.39, 0.29) is 17.6 Å². The Hall–Kier alpha value is -3.08. The molecule has 0 radical (unpaired) electrons. The second-order valence-electron chi connectivity index (χ2n) is 7.72. The summed E-state index contributed by atoms with van der Waals surface area (Å²) in [5.41, 5.74) is -0.159. The van der Waals surface area contributed by atoms with E-state index in [0.29, 0.717) is 11.5 Å². The number of benzene rings is 1. The van der Waals surface area contributed by atoms with E-state index in [9.17, 15) is 24.5 Å². The summed E-state index contributed by atoms with van der Waals surface area (Å²) in [5.74, 6) is -0.317. The molecular formula is C21H24FN5O4. The summed E-state index contributed by atoms with van der Waals surface area (Å²) in [4.78, 5) is 19.0. The van der Waals surface area contributed by atoms with Gasteiger partial charge in [-0.1, -0.05) is 12.1 Å². The highest BCUT2D eigenvalue weighted by Crippen LogP contribution is 2.35. The number of halogens is 1. The monoisotopic (exact) mass is 429 g/mol. The number of hydrogen-bond donors (Lipinski definition) is 4. The number of carbonyl (C=O) groups is 1. The number of nitrogens with zero attached hydrogens (tertiary/aromatic N) is 4. The number of carbonyl (C=O) groups excluding carboxylic acids is 1. The third kappa shape index (κ3) is 3.97. The summed E-state index contributed by atoms with van der Waals surface area (Å²) in [6.45, 7) is -1.17. The molecule has 1 aliphatic heterocycles. The van der Waals surface area contributed by atoms with Crippen molar-refractivity contribution in [2.75, 3.05) is 31.3 Å². The van der Waals surface area contributed by atoms with Crippen LogP contribution in [0.25, 0.3) is 5.65 Å². The molecule has 4 rings (SSSR count). The minimum atomic E-state index is -1.56. The fourth-order valence-corrected chi connectivity index (χ4v) is 3.85. The van der Waals surface area contributed by atoms with Crippen molar-refractivity contribution < 1.29 is 24.5 Å². The van der Waals surface area contributed by atoms with Crippen molar-refractivity contribution in [3.63, 3.8) is 0 Å². The Bertz CT molecular complexity index is 1080. The Morgan fingerprint density at radius 1 is 1.19 bits per heavy atom. The number of fused-ring (bicyclic) bond motifs is 1. The van der Waals surface area contributed by atoms with Crippen molar-refractivity contribution in [3.05, 3.63) is 59.7 Å². The molecule has 2 aromatic heterocycles. The summed E-state index contributed by atoms with van der Waals surface area (Å²) >= 11 is 0. The highest BCUT2D eigenvalue weighted by atomic mass is 19.1. The largest absolute Gasteiger partial charge is 0.394 e. The zero-order chi connectivity index (χ0) is 22.0. The molecule has 3 heterocycles. The SMILES string of the molecule is O=C(NC(CO)(CO)CO)c1cnc2ccc(N3CCC[C@@H]3c3cccc(F)c3)nn12. The molecule has 1 aliphatic rings. The number of aliphatic hydroxyl groups excluding tert-OH is 3. The highest BCUT2D eigenvalue weighted by molar-refractivity contribution is 5.93. The van der Waals surface area contributed by atoms with E-state index in [1.165, 1.54) is 22.8 Å². The van der Waals surface area contributed by atoms with Crippen molar-refractivity contribution in [2.45, 2.75) is 24.4 Å². The predicted octanol–water partition coefficient (Wildman–Crippen LogP) is 0.655. The van der Waals surface area contributed by atoms with Gasteiger partial charge in [0.05, 0.1) is 32.1 Å². The number of hydrogen-bond acceptors (Lipinski definition) is 7. The van der Waals surface area contributed by atoms with Crippen LogP contribution >= 0.6 is 0 Å². The van der Waals surface area contributed by atoms with Crippen LogP contribution in [0.15, 0.2) is 42.6 Å². The van der Waals surface area contributed by atoms with E-state index in [2.05, 4.69) is 20.3 Å². The fourth-order valence-electron chi connectivity index (χ4n) is 3.85. The molecule has 0 unspecified atom stereocenters. The van der Waals surface area contributed by atoms with Crippen LogP contribution in [-0.2, 0) is 0 Å². The smallest absolute Gasteiger partial charge is 0.272 e. The Labute approximate surface area is 177 Å². The fraction of sp³-hybridized carbons (Fsp3) is 0.381. The van der Waals surface area contributed by atoms with Gasteiger partial charge in [-0.15, -0.1) is 5.10 Å². The first-order valence-electron chi connectivity index (χ1n) is 10.0. The number of aromatic nitrogens is 3. The molecule has 0 aliphatic carbocycles. The lowest BCUT2D eigenvalue weighted by Gasteiger charge is -2.28. The van der Waals surface area contributed by atoms with E-state index in [1.54, 1.807) is 18.2 Å². The normalized spacial score (nSPS) is 16.8. The van der Waals surface area contributed by atoms with Crippen molar-refractivity contribution in [1.29, 1.82) is 0 Å². The Balaban J connectivity index is 1.66. The van der Waals surface area contributed by atoms with Crippen LogP contribution in [0.4, 0.5) is 10.2 Å². The molecule has 10 heteroatoms. The van der Waals surface area contributed by atoms with Crippen LogP contribution < -0.4 is 10.2 Å². The molecule has 31 heavy (non-hydrogen) atoms. The van der Waals surface area contributed by atoms with Crippen LogP contribution in [0.1, 0.15) is 34.9 Å². The first-order valence-corrected chi connectivity index (χ1v) is 10.0. The molecular weight excluding hydrogens is 405 g/mol. The van der Waals surface area contributed by atoms with Gasteiger partial charge in [-0.25, -0.2) is 13.9 Å². The summed E-state index contributed by atoms with van der Waals surface area (Å²) in [6.07, 6.45) is 3.11. The molecule has 1 saturated heterocycles. The minimum absolute atomic E-state index is 0.0349. The quantitative estimate of drug-likeness (QED) is 0.435. The van der Waals surface area contributed by atoms with Gasteiger partial charge in [0.2, 0.25) is 0 Å². The summed E-state index contributed by atoms with van der Waals surface area (Å²) < 4.78 is 15.1. The average Bonchev–Trinajstić information content (AvgIpc) is 3.44. The molecule has 1 aromatic carbocycles. The molecule has 1 amide bonds. The second kappa shape index (κ2) is 8.58. The minimum Gasteiger partial charge on any atom is -0.394 e.